The minimum absolute atomic E-state index is 0.0883. The standard InChI is InChI=1S/C13H10Cl3NO2S/c14-11-3-1-9(17)5-8(11)7-20(18,19)10-2-4-12(15)13(16)6-10/h1-6H,7,17H2. The lowest BCUT2D eigenvalue weighted by Gasteiger charge is -2.08. The molecule has 2 N–H and O–H groups in total. The van der Waals surface area contributed by atoms with Gasteiger partial charge >= 0.3 is 0 Å². The van der Waals surface area contributed by atoms with E-state index in [4.69, 9.17) is 40.5 Å². The maximum Gasteiger partial charge on any atom is 0.182 e. The van der Waals surface area contributed by atoms with Crippen LogP contribution in [0.3, 0.4) is 0 Å². The molecule has 7 heteroatoms. The number of anilines is 1. The molecule has 0 aliphatic rings. The van der Waals surface area contributed by atoms with Crippen molar-refractivity contribution < 1.29 is 8.42 Å². The summed E-state index contributed by atoms with van der Waals surface area (Å²) in [6.07, 6.45) is 0. The molecule has 106 valence electrons. The molecule has 0 bridgehead atoms. The average Bonchev–Trinajstić information content (AvgIpc) is 2.36. The average molecular weight is 351 g/mol. The maximum atomic E-state index is 12.3. The van der Waals surface area contributed by atoms with Crippen LogP contribution in [-0.2, 0) is 15.6 Å². The fourth-order valence-corrected chi connectivity index (χ4v) is 3.68. The lowest BCUT2D eigenvalue weighted by atomic mass is 10.2. The van der Waals surface area contributed by atoms with Crippen molar-refractivity contribution in [1.82, 2.24) is 0 Å². The lowest BCUT2D eigenvalue weighted by molar-refractivity contribution is 0.595. The zero-order valence-electron chi connectivity index (χ0n) is 10.1. The number of hydrogen-bond donors (Lipinski definition) is 1. The first-order chi connectivity index (χ1) is 9.29. The van der Waals surface area contributed by atoms with Crippen LogP contribution in [0.1, 0.15) is 5.56 Å². The van der Waals surface area contributed by atoms with Gasteiger partial charge in [-0.15, -0.1) is 0 Å². The van der Waals surface area contributed by atoms with Crippen molar-refractivity contribution in [3.63, 3.8) is 0 Å². The van der Waals surface area contributed by atoms with Gasteiger partial charge in [0.1, 0.15) is 0 Å². The van der Waals surface area contributed by atoms with E-state index in [-0.39, 0.29) is 15.7 Å². The van der Waals surface area contributed by atoms with Crippen LogP contribution in [0.5, 0.6) is 0 Å². The number of hydrogen-bond acceptors (Lipinski definition) is 3. The summed E-state index contributed by atoms with van der Waals surface area (Å²) < 4.78 is 24.7. The fourth-order valence-electron chi connectivity index (χ4n) is 1.66. The highest BCUT2D eigenvalue weighted by Crippen LogP contribution is 2.28. The van der Waals surface area contributed by atoms with Gasteiger partial charge in [0.2, 0.25) is 0 Å². The smallest absolute Gasteiger partial charge is 0.182 e. The predicted octanol–water partition coefficient (Wildman–Crippen LogP) is 4.20. The van der Waals surface area contributed by atoms with E-state index in [9.17, 15) is 8.42 Å². The molecule has 0 saturated heterocycles. The van der Waals surface area contributed by atoms with Gasteiger partial charge in [0.15, 0.2) is 9.84 Å². The molecule has 0 radical (unpaired) electrons. The summed E-state index contributed by atoms with van der Waals surface area (Å²) >= 11 is 17.6. The van der Waals surface area contributed by atoms with Crippen LogP contribution < -0.4 is 5.73 Å². The van der Waals surface area contributed by atoms with Crippen LogP contribution in [0.15, 0.2) is 41.3 Å². The molecule has 0 aromatic heterocycles. The summed E-state index contributed by atoms with van der Waals surface area (Å²) in [5.74, 6) is -0.255. The number of halogens is 3. The lowest BCUT2D eigenvalue weighted by Crippen LogP contribution is -2.06. The van der Waals surface area contributed by atoms with Crippen molar-refractivity contribution in [2.45, 2.75) is 10.6 Å². The van der Waals surface area contributed by atoms with Gasteiger partial charge in [0, 0.05) is 10.7 Å². The Morgan fingerprint density at radius 2 is 1.55 bits per heavy atom. The van der Waals surface area contributed by atoms with E-state index in [0.29, 0.717) is 21.3 Å². The predicted molar refractivity (Wildman–Crippen MR) is 83.2 cm³/mol. The van der Waals surface area contributed by atoms with Gasteiger partial charge in [-0.1, -0.05) is 34.8 Å². The van der Waals surface area contributed by atoms with Crippen molar-refractivity contribution >= 4 is 50.3 Å². The van der Waals surface area contributed by atoms with Crippen LogP contribution in [0.2, 0.25) is 15.1 Å². The molecule has 0 amide bonds. The molecule has 0 heterocycles. The summed E-state index contributed by atoms with van der Waals surface area (Å²) in [6.45, 7) is 0. The third-order valence-electron chi connectivity index (χ3n) is 2.67. The van der Waals surface area contributed by atoms with Crippen molar-refractivity contribution in [3.8, 4) is 0 Å². The number of nitrogen functional groups attached to an aromatic ring is 1. The van der Waals surface area contributed by atoms with Gasteiger partial charge in [0.05, 0.1) is 20.7 Å². The molecule has 2 aromatic carbocycles. The Labute approximate surface area is 132 Å². The van der Waals surface area contributed by atoms with Crippen molar-refractivity contribution in [1.29, 1.82) is 0 Å². The monoisotopic (exact) mass is 349 g/mol. The van der Waals surface area contributed by atoms with Gasteiger partial charge in [-0.2, -0.15) is 0 Å². The Morgan fingerprint density at radius 3 is 2.20 bits per heavy atom. The molecule has 3 nitrogen and oxygen atoms in total. The molecule has 2 rings (SSSR count). The summed E-state index contributed by atoms with van der Waals surface area (Å²) in [6, 6.07) is 8.88. The Kier molecular flexibility index (Phi) is 4.49. The van der Waals surface area contributed by atoms with Gasteiger partial charge in [-0.3, -0.25) is 0 Å². The number of nitrogens with two attached hydrogens (primary N) is 1. The second kappa shape index (κ2) is 5.82. The maximum absolute atomic E-state index is 12.3. The van der Waals surface area contributed by atoms with Crippen molar-refractivity contribution in [2.24, 2.45) is 0 Å². The van der Waals surface area contributed by atoms with Gasteiger partial charge in [-0.25, -0.2) is 8.42 Å². The van der Waals surface area contributed by atoms with E-state index < -0.39 is 9.84 Å². The molecule has 0 saturated carbocycles. The summed E-state index contributed by atoms with van der Waals surface area (Å²) in [7, 11) is -3.57. The third kappa shape index (κ3) is 3.38. The molecule has 0 fully saturated rings. The van der Waals surface area contributed by atoms with Crippen LogP contribution in [0.4, 0.5) is 5.69 Å². The van der Waals surface area contributed by atoms with Crippen LogP contribution >= 0.6 is 34.8 Å². The molecular weight excluding hydrogens is 341 g/mol. The molecule has 0 spiro atoms. The minimum atomic E-state index is -3.57. The first-order valence-corrected chi connectivity index (χ1v) is 8.30. The number of benzene rings is 2. The van der Waals surface area contributed by atoms with Gasteiger partial charge in [0.25, 0.3) is 0 Å². The molecular formula is C13H10Cl3NO2S. The Bertz CT molecular complexity index is 760. The van der Waals surface area contributed by atoms with Crippen molar-refractivity contribution in [2.75, 3.05) is 5.73 Å². The SMILES string of the molecule is Nc1ccc(Cl)c(CS(=O)(=O)c2ccc(Cl)c(Cl)c2)c1. The van der Waals surface area contributed by atoms with Crippen LogP contribution in [0.25, 0.3) is 0 Å². The highest BCUT2D eigenvalue weighted by atomic mass is 35.5. The molecule has 0 unspecified atom stereocenters. The largest absolute Gasteiger partial charge is 0.399 e. The summed E-state index contributed by atoms with van der Waals surface area (Å²) in [5.41, 5.74) is 6.53. The molecule has 0 atom stereocenters. The molecule has 2 aromatic rings. The van der Waals surface area contributed by atoms with Gasteiger partial charge in [-0.05, 0) is 42.0 Å². The first kappa shape index (κ1) is 15.4. The Balaban J connectivity index is 2.40. The van der Waals surface area contributed by atoms with E-state index in [1.165, 1.54) is 24.3 Å². The normalized spacial score (nSPS) is 11.6. The highest BCUT2D eigenvalue weighted by Gasteiger charge is 2.18. The quantitative estimate of drug-likeness (QED) is 0.844. The van der Waals surface area contributed by atoms with E-state index in [2.05, 4.69) is 0 Å². The number of rotatable bonds is 3. The summed E-state index contributed by atoms with van der Waals surface area (Å²) in [4.78, 5) is 0.0883. The fraction of sp³-hybridized carbons (Fsp3) is 0.0769. The first-order valence-electron chi connectivity index (χ1n) is 5.51. The van der Waals surface area contributed by atoms with E-state index in [0.717, 1.165) is 0 Å². The van der Waals surface area contributed by atoms with Gasteiger partial charge < -0.3 is 5.73 Å². The Morgan fingerprint density at radius 1 is 0.900 bits per heavy atom. The van der Waals surface area contributed by atoms with E-state index >= 15 is 0 Å². The van der Waals surface area contributed by atoms with E-state index in [1.807, 2.05) is 0 Å². The van der Waals surface area contributed by atoms with Crippen LogP contribution in [-0.4, -0.2) is 8.42 Å². The molecule has 0 aliphatic heterocycles. The number of sulfone groups is 1. The third-order valence-corrected chi connectivity index (χ3v) is 5.44. The Hall–Kier alpha value is -0.940. The topological polar surface area (TPSA) is 60.2 Å². The summed E-state index contributed by atoms with van der Waals surface area (Å²) in [5, 5.41) is 0.835. The van der Waals surface area contributed by atoms with E-state index in [1.54, 1.807) is 12.1 Å². The zero-order valence-corrected chi connectivity index (χ0v) is 13.2. The van der Waals surface area contributed by atoms with Crippen molar-refractivity contribution in [3.05, 3.63) is 57.0 Å². The highest BCUT2D eigenvalue weighted by molar-refractivity contribution is 7.90. The molecule has 20 heavy (non-hydrogen) atoms. The molecule has 0 aliphatic carbocycles. The second-order valence-electron chi connectivity index (χ2n) is 4.19. The van der Waals surface area contributed by atoms with Crippen LogP contribution in [0, 0.1) is 0 Å². The second-order valence-corrected chi connectivity index (χ2v) is 7.40. The minimum Gasteiger partial charge on any atom is -0.399 e. The zero-order chi connectivity index (χ0) is 14.9.